The third kappa shape index (κ3) is 4.71. The van der Waals surface area contributed by atoms with Gasteiger partial charge in [0.25, 0.3) is 0 Å². The lowest BCUT2D eigenvalue weighted by molar-refractivity contribution is 0.0361. The van der Waals surface area contributed by atoms with Crippen molar-refractivity contribution in [2.75, 3.05) is 64.1 Å². The first-order valence-corrected chi connectivity index (χ1v) is 13.6. The van der Waals surface area contributed by atoms with Crippen molar-refractivity contribution in [3.8, 4) is 11.1 Å². The van der Waals surface area contributed by atoms with E-state index < -0.39 is 0 Å². The first-order valence-electron chi connectivity index (χ1n) is 13.6. The molecule has 0 amide bonds. The van der Waals surface area contributed by atoms with Crippen molar-refractivity contribution in [1.29, 1.82) is 0 Å². The van der Waals surface area contributed by atoms with Gasteiger partial charge in [-0.1, -0.05) is 6.92 Å². The molecule has 9 heteroatoms. The van der Waals surface area contributed by atoms with Crippen molar-refractivity contribution in [3.63, 3.8) is 0 Å². The summed E-state index contributed by atoms with van der Waals surface area (Å²) >= 11 is 0. The lowest BCUT2D eigenvalue weighted by atomic mass is 10.1. The summed E-state index contributed by atoms with van der Waals surface area (Å²) in [7, 11) is 0. The molecule has 0 N–H and O–H groups in total. The smallest absolute Gasteiger partial charge is 0.158 e. The number of ether oxygens (including phenoxy) is 2. The average Bonchev–Trinajstić information content (AvgIpc) is 3.51. The van der Waals surface area contributed by atoms with Gasteiger partial charge in [0.15, 0.2) is 5.65 Å². The average molecular weight is 504 g/mol. The number of anilines is 1. The maximum atomic E-state index is 5.58. The van der Waals surface area contributed by atoms with E-state index in [4.69, 9.17) is 24.5 Å². The molecule has 0 radical (unpaired) electrons. The molecular weight excluding hydrogens is 466 g/mol. The zero-order valence-corrected chi connectivity index (χ0v) is 22.2. The highest BCUT2D eigenvalue weighted by Crippen LogP contribution is 2.34. The van der Waals surface area contributed by atoms with E-state index >= 15 is 0 Å². The van der Waals surface area contributed by atoms with Gasteiger partial charge in [-0.15, -0.1) is 0 Å². The molecule has 2 saturated heterocycles. The standard InChI is InChI=1S/C28H37N7O2/c1-4-24-23-15-21(18-30-28(23)35(31-24)6-5-32-7-11-36-12-8-32)22-16-25-27(29-17-22)26(19-34(25)20(2)3)33-9-13-37-14-10-33/h15-20H,4-14H2,1-3H3. The zero-order chi connectivity index (χ0) is 25.4. The Labute approximate surface area is 218 Å². The van der Waals surface area contributed by atoms with Gasteiger partial charge >= 0.3 is 0 Å². The van der Waals surface area contributed by atoms with Crippen LogP contribution in [0.2, 0.25) is 0 Å². The maximum Gasteiger partial charge on any atom is 0.158 e. The molecule has 0 atom stereocenters. The number of aryl methyl sites for hydroxylation is 1. The number of hydrogen-bond donors (Lipinski definition) is 0. The van der Waals surface area contributed by atoms with Gasteiger partial charge in [-0.05, 0) is 32.4 Å². The van der Waals surface area contributed by atoms with E-state index in [0.29, 0.717) is 6.04 Å². The Balaban J connectivity index is 1.34. The second-order valence-electron chi connectivity index (χ2n) is 10.3. The molecule has 2 fully saturated rings. The van der Waals surface area contributed by atoms with Crippen LogP contribution in [0.15, 0.2) is 30.7 Å². The van der Waals surface area contributed by atoms with Crippen molar-refractivity contribution in [1.82, 2.24) is 29.2 Å². The molecule has 0 aromatic carbocycles. The molecular formula is C28H37N7O2. The first kappa shape index (κ1) is 24.3. The van der Waals surface area contributed by atoms with Crippen LogP contribution >= 0.6 is 0 Å². The molecule has 4 aromatic heterocycles. The molecule has 196 valence electrons. The SMILES string of the molecule is CCc1nn(CCN2CCOCC2)c2ncc(-c3cnc4c(N5CCOCC5)cn(C(C)C)c4c3)cc12. The summed E-state index contributed by atoms with van der Waals surface area (Å²) in [5, 5.41) is 6.06. The Morgan fingerprint density at radius 1 is 0.892 bits per heavy atom. The van der Waals surface area contributed by atoms with Crippen molar-refractivity contribution < 1.29 is 9.47 Å². The minimum absolute atomic E-state index is 0.339. The van der Waals surface area contributed by atoms with Gasteiger partial charge in [-0.2, -0.15) is 5.10 Å². The molecule has 0 saturated carbocycles. The fourth-order valence-corrected chi connectivity index (χ4v) is 5.49. The summed E-state index contributed by atoms with van der Waals surface area (Å²) in [6.45, 7) is 15.3. The van der Waals surface area contributed by atoms with Crippen LogP contribution in [-0.2, 0) is 22.4 Å². The van der Waals surface area contributed by atoms with Crippen molar-refractivity contribution in [2.24, 2.45) is 0 Å². The Hall–Kier alpha value is -3.01. The fraction of sp³-hybridized carbons (Fsp3) is 0.536. The molecule has 0 aliphatic carbocycles. The van der Waals surface area contributed by atoms with Gasteiger partial charge in [-0.25, -0.2) is 9.67 Å². The molecule has 37 heavy (non-hydrogen) atoms. The Bertz CT molecular complexity index is 1380. The fourth-order valence-electron chi connectivity index (χ4n) is 5.49. The normalized spacial score (nSPS) is 17.5. The van der Waals surface area contributed by atoms with E-state index in [9.17, 15) is 0 Å². The second kappa shape index (κ2) is 10.4. The molecule has 6 heterocycles. The van der Waals surface area contributed by atoms with Crippen LogP contribution in [0.3, 0.4) is 0 Å². The van der Waals surface area contributed by atoms with Crippen molar-refractivity contribution >= 4 is 27.8 Å². The van der Waals surface area contributed by atoms with E-state index in [1.807, 2.05) is 12.4 Å². The molecule has 2 aliphatic heterocycles. The van der Waals surface area contributed by atoms with E-state index in [1.54, 1.807) is 0 Å². The van der Waals surface area contributed by atoms with E-state index in [0.717, 1.165) is 111 Å². The topological polar surface area (TPSA) is 73.5 Å². The molecule has 2 aliphatic rings. The van der Waals surface area contributed by atoms with Crippen LogP contribution in [-0.4, -0.2) is 88.4 Å². The number of hydrogen-bond acceptors (Lipinski definition) is 7. The number of nitrogens with zero attached hydrogens (tertiary/aromatic N) is 7. The molecule has 4 aromatic rings. The van der Waals surface area contributed by atoms with Crippen LogP contribution in [0, 0.1) is 0 Å². The predicted octanol–water partition coefficient (Wildman–Crippen LogP) is 3.76. The lowest BCUT2D eigenvalue weighted by Crippen LogP contribution is -2.38. The van der Waals surface area contributed by atoms with Crippen LogP contribution in [0.5, 0.6) is 0 Å². The van der Waals surface area contributed by atoms with Crippen LogP contribution in [0.4, 0.5) is 5.69 Å². The van der Waals surface area contributed by atoms with Gasteiger partial charge in [0, 0.05) is 73.9 Å². The Morgan fingerprint density at radius 2 is 1.59 bits per heavy atom. The summed E-state index contributed by atoms with van der Waals surface area (Å²) in [4.78, 5) is 14.7. The Morgan fingerprint density at radius 3 is 2.32 bits per heavy atom. The van der Waals surface area contributed by atoms with Gasteiger partial charge < -0.3 is 18.9 Å². The lowest BCUT2D eigenvalue weighted by Gasteiger charge is -2.27. The third-order valence-corrected chi connectivity index (χ3v) is 7.62. The molecule has 0 bridgehead atoms. The van der Waals surface area contributed by atoms with Gasteiger partial charge in [-0.3, -0.25) is 9.88 Å². The van der Waals surface area contributed by atoms with Crippen LogP contribution in [0.25, 0.3) is 33.2 Å². The van der Waals surface area contributed by atoms with Gasteiger partial charge in [0.2, 0.25) is 0 Å². The maximum absolute atomic E-state index is 5.58. The van der Waals surface area contributed by atoms with Gasteiger partial charge in [0.1, 0.15) is 5.52 Å². The Kier molecular flexibility index (Phi) is 6.84. The highest BCUT2D eigenvalue weighted by atomic mass is 16.5. The van der Waals surface area contributed by atoms with E-state index in [1.165, 1.54) is 5.69 Å². The van der Waals surface area contributed by atoms with Crippen LogP contribution in [0.1, 0.15) is 32.5 Å². The first-order chi connectivity index (χ1) is 18.1. The minimum atomic E-state index is 0.339. The summed E-state index contributed by atoms with van der Waals surface area (Å²) in [5.74, 6) is 0. The zero-order valence-electron chi connectivity index (χ0n) is 22.2. The van der Waals surface area contributed by atoms with Gasteiger partial charge in [0.05, 0.1) is 49.9 Å². The van der Waals surface area contributed by atoms with Crippen molar-refractivity contribution in [3.05, 3.63) is 36.4 Å². The van der Waals surface area contributed by atoms with Crippen molar-refractivity contribution in [2.45, 2.75) is 39.8 Å². The molecule has 0 unspecified atom stereocenters. The number of morpholine rings is 2. The molecule has 6 rings (SSSR count). The number of pyridine rings is 2. The largest absolute Gasteiger partial charge is 0.379 e. The number of rotatable bonds is 7. The quantitative estimate of drug-likeness (QED) is 0.380. The summed E-state index contributed by atoms with van der Waals surface area (Å²) < 4.78 is 15.5. The number of fused-ring (bicyclic) bond motifs is 2. The molecule has 0 spiro atoms. The highest BCUT2D eigenvalue weighted by molar-refractivity contribution is 5.93. The highest BCUT2D eigenvalue weighted by Gasteiger charge is 2.21. The van der Waals surface area contributed by atoms with E-state index in [2.05, 4.69) is 58.1 Å². The summed E-state index contributed by atoms with van der Waals surface area (Å²) in [6, 6.07) is 4.85. The third-order valence-electron chi connectivity index (χ3n) is 7.62. The summed E-state index contributed by atoms with van der Waals surface area (Å²) in [5.41, 5.74) is 7.63. The minimum Gasteiger partial charge on any atom is -0.379 e. The predicted molar refractivity (Wildman–Crippen MR) is 146 cm³/mol. The second-order valence-corrected chi connectivity index (χ2v) is 10.3. The monoisotopic (exact) mass is 503 g/mol. The molecule has 9 nitrogen and oxygen atoms in total. The van der Waals surface area contributed by atoms with Crippen LogP contribution < -0.4 is 4.90 Å². The van der Waals surface area contributed by atoms with E-state index in [-0.39, 0.29) is 0 Å². The number of aromatic nitrogens is 5. The summed E-state index contributed by atoms with van der Waals surface area (Å²) in [6.07, 6.45) is 7.10.